The Kier molecular flexibility index (Phi) is 5.62. The van der Waals surface area contributed by atoms with E-state index >= 15 is 0 Å². The van der Waals surface area contributed by atoms with Gasteiger partial charge < -0.3 is 11.1 Å². The number of benzene rings is 2. The molecule has 2 amide bonds. The van der Waals surface area contributed by atoms with E-state index in [0.717, 1.165) is 11.8 Å². The van der Waals surface area contributed by atoms with Crippen LogP contribution in [0.3, 0.4) is 0 Å². The molecule has 1 heterocycles. The zero-order valence-corrected chi connectivity index (χ0v) is 14.8. The highest BCUT2D eigenvalue weighted by Crippen LogP contribution is 2.17. The molecule has 0 saturated heterocycles. The fourth-order valence-electron chi connectivity index (χ4n) is 2.30. The second kappa shape index (κ2) is 8.28. The molecule has 0 aliphatic carbocycles. The third-order valence-corrected chi connectivity index (χ3v) is 4.39. The number of nitrogens with one attached hydrogen (secondary N) is 2. The highest BCUT2D eigenvalue weighted by molar-refractivity contribution is 7.99. The molecule has 3 rings (SSSR count). The van der Waals surface area contributed by atoms with Gasteiger partial charge in [0.25, 0.3) is 11.5 Å². The molecule has 27 heavy (non-hydrogen) atoms. The lowest BCUT2D eigenvalue weighted by atomic mass is 10.1. The summed E-state index contributed by atoms with van der Waals surface area (Å²) in [5.74, 6) is -1.03. The van der Waals surface area contributed by atoms with E-state index in [1.807, 2.05) is 6.07 Å². The molecule has 8 nitrogen and oxygen atoms in total. The first-order chi connectivity index (χ1) is 13.0. The van der Waals surface area contributed by atoms with Crippen LogP contribution in [0.25, 0.3) is 11.3 Å². The van der Waals surface area contributed by atoms with Crippen molar-refractivity contribution in [1.29, 1.82) is 0 Å². The Morgan fingerprint density at radius 3 is 2.44 bits per heavy atom. The number of rotatable bonds is 6. The van der Waals surface area contributed by atoms with Crippen molar-refractivity contribution in [2.24, 2.45) is 5.73 Å². The van der Waals surface area contributed by atoms with Crippen molar-refractivity contribution in [2.45, 2.75) is 5.16 Å². The third kappa shape index (κ3) is 4.59. The van der Waals surface area contributed by atoms with Crippen LogP contribution < -0.4 is 16.6 Å². The van der Waals surface area contributed by atoms with Crippen molar-refractivity contribution in [2.75, 3.05) is 11.1 Å². The molecule has 1 aromatic heterocycles. The van der Waals surface area contributed by atoms with E-state index in [1.54, 1.807) is 42.5 Å². The second-order valence-electron chi connectivity index (χ2n) is 5.42. The molecule has 0 radical (unpaired) electrons. The molecule has 0 saturated carbocycles. The van der Waals surface area contributed by atoms with Crippen LogP contribution in [-0.2, 0) is 4.79 Å². The van der Waals surface area contributed by atoms with Gasteiger partial charge in [0.1, 0.15) is 0 Å². The number of carbonyl (C=O) groups is 2. The molecule has 0 bridgehead atoms. The van der Waals surface area contributed by atoms with Crippen molar-refractivity contribution in [3.63, 3.8) is 0 Å². The largest absolute Gasteiger partial charge is 0.366 e. The maximum atomic E-state index is 12.2. The number of hydrogen-bond donors (Lipinski definition) is 3. The molecule has 0 aliphatic rings. The van der Waals surface area contributed by atoms with Gasteiger partial charge in [0.05, 0.1) is 17.0 Å². The Labute approximate surface area is 158 Å². The summed E-state index contributed by atoms with van der Waals surface area (Å²) in [7, 11) is 0. The Balaban J connectivity index is 1.65. The second-order valence-corrected chi connectivity index (χ2v) is 6.38. The predicted molar refractivity (Wildman–Crippen MR) is 102 cm³/mol. The van der Waals surface area contributed by atoms with Crippen LogP contribution in [0.4, 0.5) is 5.69 Å². The van der Waals surface area contributed by atoms with Crippen molar-refractivity contribution >= 4 is 29.3 Å². The normalized spacial score (nSPS) is 10.4. The van der Waals surface area contributed by atoms with E-state index in [2.05, 4.69) is 20.5 Å². The molecule has 4 N–H and O–H groups in total. The van der Waals surface area contributed by atoms with Gasteiger partial charge in [-0.2, -0.15) is 0 Å². The summed E-state index contributed by atoms with van der Waals surface area (Å²) >= 11 is 1.02. The van der Waals surface area contributed by atoms with Gasteiger partial charge >= 0.3 is 0 Å². The molecule has 0 aliphatic heterocycles. The highest BCUT2D eigenvalue weighted by atomic mass is 32.2. The van der Waals surface area contributed by atoms with Crippen molar-refractivity contribution in [1.82, 2.24) is 15.2 Å². The van der Waals surface area contributed by atoms with E-state index in [-0.39, 0.29) is 28.1 Å². The number of thioether (sulfide) groups is 1. The lowest BCUT2D eigenvalue weighted by molar-refractivity contribution is -0.113. The van der Waals surface area contributed by atoms with Crippen LogP contribution in [-0.4, -0.2) is 32.7 Å². The fraction of sp³-hybridized carbons (Fsp3) is 0.0556. The lowest BCUT2D eigenvalue weighted by Crippen LogP contribution is -2.20. The molecular formula is C18H15N5O3S. The standard InChI is InChI=1S/C18H15N5O3S/c19-16(25)12-8-4-5-9-13(12)20-14(24)10-27-18-21-17(26)15(22-23-18)11-6-2-1-3-7-11/h1-9H,10H2,(H2,19,25)(H,20,24)(H,21,23,26). The first-order valence-corrected chi connectivity index (χ1v) is 8.87. The number of carbonyl (C=O) groups excluding carboxylic acids is 2. The average Bonchev–Trinajstić information content (AvgIpc) is 2.67. The minimum atomic E-state index is -0.634. The minimum absolute atomic E-state index is 0.0254. The number of aromatic amines is 1. The quantitative estimate of drug-likeness (QED) is 0.557. The van der Waals surface area contributed by atoms with E-state index in [4.69, 9.17) is 5.73 Å². The Morgan fingerprint density at radius 2 is 1.74 bits per heavy atom. The van der Waals surface area contributed by atoms with Crippen LogP contribution in [0.1, 0.15) is 10.4 Å². The van der Waals surface area contributed by atoms with Crippen LogP contribution in [0.5, 0.6) is 0 Å². The summed E-state index contributed by atoms with van der Waals surface area (Å²) in [6, 6.07) is 15.4. The number of hydrogen-bond acceptors (Lipinski definition) is 6. The van der Waals surface area contributed by atoms with Crippen molar-refractivity contribution in [3.05, 3.63) is 70.5 Å². The SMILES string of the molecule is NC(=O)c1ccccc1NC(=O)CSc1nnc(-c2ccccc2)c(=O)[nH]1. The maximum absolute atomic E-state index is 12.2. The predicted octanol–water partition coefficient (Wildman–Crippen LogP) is 1.66. The summed E-state index contributed by atoms with van der Waals surface area (Å²) in [4.78, 5) is 38.3. The number of nitrogens with two attached hydrogens (primary N) is 1. The number of primary amides is 1. The Morgan fingerprint density at radius 1 is 1.04 bits per heavy atom. The third-order valence-electron chi connectivity index (χ3n) is 3.53. The molecule has 0 unspecified atom stereocenters. The van der Waals surface area contributed by atoms with E-state index in [9.17, 15) is 14.4 Å². The molecule has 136 valence electrons. The van der Waals surface area contributed by atoms with E-state index in [0.29, 0.717) is 11.3 Å². The Hall–Kier alpha value is -3.46. The van der Waals surface area contributed by atoms with Crippen molar-refractivity contribution in [3.8, 4) is 11.3 Å². The van der Waals surface area contributed by atoms with Crippen LogP contribution in [0.15, 0.2) is 64.5 Å². The molecule has 0 fully saturated rings. The molecule has 3 aromatic rings. The first-order valence-electron chi connectivity index (χ1n) is 7.88. The molecule has 9 heteroatoms. The maximum Gasteiger partial charge on any atom is 0.278 e. The zero-order chi connectivity index (χ0) is 19.2. The summed E-state index contributed by atoms with van der Waals surface area (Å²) in [6.07, 6.45) is 0. The smallest absolute Gasteiger partial charge is 0.278 e. The van der Waals surface area contributed by atoms with Crippen molar-refractivity contribution < 1.29 is 9.59 Å². The number of para-hydroxylation sites is 1. The highest BCUT2D eigenvalue weighted by Gasteiger charge is 2.12. The number of nitrogens with zero attached hydrogens (tertiary/aromatic N) is 2. The van der Waals surface area contributed by atoms with Crippen LogP contribution >= 0.6 is 11.8 Å². The van der Waals surface area contributed by atoms with Crippen LogP contribution in [0, 0.1) is 0 Å². The summed E-state index contributed by atoms with van der Waals surface area (Å²) in [6.45, 7) is 0. The van der Waals surface area contributed by atoms with Gasteiger partial charge in [0.2, 0.25) is 5.91 Å². The van der Waals surface area contributed by atoms with Gasteiger partial charge in [-0.3, -0.25) is 19.4 Å². The molecule has 0 spiro atoms. The van der Waals surface area contributed by atoms with Gasteiger partial charge in [-0.05, 0) is 12.1 Å². The summed E-state index contributed by atoms with van der Waals surface area (Å²) in [5, 5.41) is 10.7. The average molecular weight is 381 g/mol. The molecule has 0 atom stereocenters. The summed E-state index contributed by atoms with van der Waals surface area (Å²) < 4.78 is 0. The van der Waals surface area contributed by atoms with Gasteiger partial charge in [0.15, 0.2) is 10.9 Å². The number of anilines is 1. The molecular weight excluding hydrogens is 366 g/mol. The van der Waals surface area contributed by atoms with Gasteiger partial charge in [-0.25, -0.2) is 0 Å². The lowest BCUT2D eigenvalue weighted by Gasteiger charge is -2.08. The van der Waals surface area contributed by atoms with Gasteiger partial charge in [0, 0.05) is 5.56 Å². The number of amides is 2. The zero-order valence-electron chi connectivity index (χ0n) is 14.0. The number of H-pyrrole nitrogens is 1. The van der Waals surface area contributed by atoms with Gasteiger partial charge in [-0.15, -0.1) is 10.2 Å². The van der Waals surface area contributed by atoms with E-state index < -0.39 is 11.5 Å². The molecule has 2 aromatic carbocycles. The minimum Gasteiger partial charge on any atom is -0.366 e. The van der Waals surface area contributed by atoms with Gasteiger partial charge in [-0.1, -0.05) is 54.2 Å². The summed E-state index contributed by atoms with van der Waals surface area (Å²) in [5.41, 5.74) is 6.30. The monoisotopic (exact) mass is 381 g/mol. The van der Waals surface area contributed by atoms with Crippen LogP contribution in [0.2, 0.25) is 0 Å². The topological polar surface area (TPSA) is 131 Å². The Bertz CT molecular complexity index is 1040. The fourth-order valence-corrected chi connectivity index (χ4v) is 2.90. The number of aromatic nitrogens is 3. The van der Waals surface area contributed by atoms with E-state index in [1.165, 1.54) is 6.07 Å². The first kappa shape index (κ1) is 18.3.